The number of benzene rings is 1. The van der Waals surface area contributed by atoms with Crippen LogP contribution in [-0.2, 0) is 13.0 Å². The van der Waals surface area contributed by atoms with Crippen molar-refractivity contribution >= 4 is 11.0 Å². The highest BCUT2D eigenvalue weighted by atomic mass is 16.5. The third-order valence-electron chi connectivity index (χ3n) is 3.42. The molecule has 0 spiro atoms. The van der Waals surface area contributed by atoms with Crippen molar-refractivity contribution in [1.29, 1.82) is 0 Å². The number of aromatic nitrogens is 3. The molecule has 4 heteroatoms. The Bertz CT molecular complexity index is 733. The van der Waals surface area contributed by atoms with Crippen molar-refractivity contribution in [3.63, 3.8) is 0 Å². The Balaban J connectivity index is 2.10. The first-order valence-electron chi connectivity index (χ1n) is 6.75. The van der Waals surface area contributed by atoms with Gasteiger partial charge in [0.25, 0.3) is 0 Å². The third-order valence-corrected chi connectivity index (χ3v) is 3.42. The molecule has 4 nitrogen and oxygen atoms in total. The molecule has 0 radical (unpaired) electrons. The molecule has 1 aromatic carbocycles. The number of hydrogen-bond donors (Lipinski definition) is 0. The van der Waals surface area contributed by atoms with Crippen molar-refractivity contribution < 1.29 is 4.74 Å². The van der Waals surface area contributed by atoms with E-state index < -0.39 is 0 Å². The van der Waals surface area contributed by atoms with Crippen LogP contribution in [0.5, 0.6) is 5.88 Å². The van der Waals surface area contributed by atoms with E-state index in [4.69, 9.17) is 4.74 Å². The van der Waals surface area contributed by atoms with Crippen LogP contribution in [-0.4, -0.2) is 21.6 Å². The van der Waals surface area contributed by atoms with Gasteiger partial charge in [0.15, 0.2) is 0 Å². The number of methoxy groups -OCH3 is 1. The smallest absolute Gasteiger partial charge is 0.218 e. The summed E-state index contributed by atoms with van der Waals surface area (Å²) in [7, 11) is 1.65. The molecule has 3 rings (SSSR count). The van der Waals surface area contributed by atoms with Crippen LogP contribution >= 0.6 is 0 Å². The van der Waals surface area contributed by atoms with Crippen LogP contribution in [0.15, 0.2) is 42.6 Å². The van der Waals surface area contributed by atoms with Crippen LogP contribution in [0.1, 0.15) is 18.3 Å². The minimum atomic E-state index is 0.673. The predicted octanol–water partition coefficient (Wildman–Crippen LogP) is 3.05. The first-order chi connectivity index (χ1) is 9.83. The van der Waals surface area contributed by atoms with Crippen LogP contribution in [0.25, 0.3) is 11.0 Å². The summed E-state index contributed by atoms with van der Waals surface area (Å²) in [6.45, 7) is 2.85. The first-order valence-corrected chi connectivity index (χ1v) is 6.75. The zero-order valence-electron chi connectivity index (χ0n) is 11.7. The molecule has 0 fully saturated rings. The summed E-state index contributed by atoms with van der Waals surface area (Å²) in [5, 5.41) is 0. The van der Waals surface area contributed by atoms with E-state index in [9.17, 15) is 0 Å². The maximum atomic E-state index is 5.33. The fraction of sp³-hybridized carbons (Fsp3) is 0.250. The van der Waals surface area contributed by atoms with Crippen LogP contribution in [0, 0.1) is 0 Å². The monoisotopic (exact) mass is 267 g/mol. The Morgan fingerprint density at radius 3 is 2.80 bits per heavy atom. The summed E-state index contributed by atoms with van der Waals surface area (Å²) in [5.41, 5.74) is 3.25. The zero-order valence-corrected chi connectivity index (χ0v) is 11.7. The van der Waals surface area contributed by atoms with E-state index in [1.807, 2.05) is 30.3 Å². The molecule has 0 saturated carbocycles. The normalized spacial score (nSPS) is 10.9. The van der Waals surface area contributed by atoms with E-state index in [1.54, 1.807) is 13.3 Å². The van der Waals surface area contributed by atoms with Gasteiger partial charge >= 0.3 is 0 Å². The number of imidazole rings is 1. The fourth-order valence-electron chi connectivity index (χ4n) is 2.47. The Morgan fingerprint density at radius 1 is 1.15 bits per heavy atom. The highest BCUT2D eigenvalue weighted by Gasteiger charge is 2.11. The van der Waals surface area contributed by atoms with Gasteiger partial charge in [0.1, 0.15) is 5.82 Å². The Morgan fingerprint density at radius 2 is 2.00 bits per heavy atom. The average molecular weight is 267 g/mol. The SMILES string of the molecule is CCc1nc2ccccc2n1Cc1cccnc1OC. The van der Waals surface area contributed by atoms with Crippen LogP contribution in [0.3, 0.4) is 0 Å². The molecule has 0 aliphatic heterocycles. The minimum Gasteiger partial charge on any atom is -0.481 e. The lowest BCUT2D eigenvalue weighted by atomic mass is 10.2. The molecular formula is C16H17N3O. The molecule has 0 amide bonds. The molecule has 2 heterocycles. The van der Waals surface area contributed by atoms with Crippen molar-refractivity contribution in [2.24, 2.45) is 0 Å². The molecule has 0 atom stereocenters. The number of rotatable bonds is 4. The van der Waals surface area contributed by atoms with E-state index in [1.165, 1.54) is 0 Å². The summed E-state index contributed by atoms with van der Waals surface area (Å²) in [6.07, 6.45) is 2.65. The topological polar surface area (TPSA) is 39.9 Å². The van der Waals surface area contributed by atoms with Crippen molar-refractivity contribution in [2.45, 2.75) is 19.9 Å². The van der Waals surface area contributed by atoms with Gasteiger partial charge in [-0.1, -0.05) is 25.1 Å². The van der Waals surface area contributed by atoms with Gasteiger partial charge in [0, 0.05) is 18.2 Å². The van der Waals surface area contributed by atoms with Crippen molar-refractivity contribution in [1.82, 2.24) is 14.5 Å². The molecule has 3 aromatic rings. The Kier molecular flexibility index (Phi) is 3.37. The molecule has 0 aliphatic rings. The number of nitrogens with zero attached hydrogens (tertiary/aromatic N) is 3. The maximum Gasteiger partial charge on any atom is 0.218 e. The molecule has 20 heavy (non-hydrogen) atoms. The number of aryl methyl sites for hydroxylation is 1. The number of pyridine rings is 1. The lowest BCUT2D eigenvalue weighted by Crippen LogP contribution is -2.06. The summed E-state index contributed by atoms with van der Waals surface area (Å²) >= 11 is 0. The van der Waals surface area contributed by atoms with Crippen LogP contribution in [0.2, 0.25) is 0 Å². The highest BCUT2D eigenvalue weighted by molar-refractivity contribution is 5.76. The first kappa shape index (κ1) is 12.7. The quantitative estimate of drug-likeness (QED) is 0.729. The number of ether oxygens (including phenoxy) is 1. The highest BCUT2D eigenvalue weighted by Crippen LogP contribution is 2.21. The average Bonchev–Trinajstić information content (AvgIpc) is 2.86. The fourth-order valence-corrected chi connectivity index (χ4v) is 2.47. The lowest BCUT2D eigenvalue weighted by molar-refractivity contribution is 0.391. The lowest BCUT2D eigenvalue weighted by Gasteiger charge is -2.10. The van der Waals surface area contributed by atoms with Crippen LogP contribution < -0.4 is 4.74 Å². The summed E-state index contributed by atoms with van der Waals surface area (Å²) in [6, 6.07) is 12.2. The molecule has 0 saturated heterocycles. The molecule has 0 unspecified atom stereocenters. The Labute approximate surface area is 118 Å². The van der Waals surface area contributed by atoms with Crippen LogP contribution in [0.4, 0.5) is 0 Å². The van der Waals surface area contributed by atoms with E-state index in [0.29, 0.717) is 5.88 Å². The van der Waals surface area contributed by atoms with Gasteiger partial charge in [-0.15, -0.1) is 0 Å². The molecule has 2 aromatic heterocycles. The maximum absolute atomic E-state index is 5.33. The van der Waals surface area contributed by atoms with Crippen molar-refractivity contribution in [3.8, 4) is 5.88 Å². The summed E-state index contributed by atoms with van der Waals surface area (Å²) in [4.78, 5) is 8.94. The van der Waals surface area contributed by atoms with Gasteiger partial charge in [-0.3, -0.25) is 0 Å². The van der Waals surface area contributed by atoms with E-state index in [2.05, 4.69) is 27.5 Å². The predicted molar refractivity (Wildman–Crippen MR) is 79.0 cm³/mol. The standard InChI is InChI=1S/C16H17N3O/c1-3-15-18-13-8-4-5-9-14(13)19(15)11-12-7-6-10-17-16(12)20-2/h4-10H,3,11H2,1-2H3. The minimum absolute atomic E-state index is 0.673. The van der Waals surface area contributed by atoms with Gasteiger partial charge in [0.2, 0.25) is 5.88 Å². The van der Waals surface area contributed by atoms with Gasteiger partial charge in [-0.05, 0) is 18.2 Å². The largest absolute Gasteiger partial charge is 0.481 e. The van der Waals surface area contributed by atoms with E-state index in [0.717, 1.165) is 35.4 Å². The second-order valence-corrected chi connectivity index (χ2v) is 4.63. The second-order valence-electron chi connectivity index (χ2n) is 4.63. The van der Waals surface area contributed by atoms with E-state index in [-0.39, 0.29) is 0 Å². The molecule has 102 valence electrons. The second kappa shape index (κ2) is 5.33. The molecule has 0 aliphatic carbocycles. The number of para-hydroxylation sites is 2. The van der Waals surface area contributed by atoms with Gasteiger partial charge < -0.3 is 9.30 Å². The van der Waals surface area contributed by atoms with Crippen molar-refractivity contribution in [3.05, 3.63) is 54.0 Å². The molecular weight excluding hydrogens is 250 g/mol. The van der Waals surface area contributed by atoms with Gasteiger partial charge in [-0.2, -0.15) is 0 Å². The third kappa shape index (κ3) is 2.13. The van der Waals surface area contributed by atoms with Gasteiger partial charge in [-0.25, -0.2) is 9.97 Å². The summed E-state index contributed by atoms with van der Waals surface area (Å²) < 4.78 is 7.57. The summed E-state index contributed by atoms with van der Waals surface area (Å²) in [5.74, 6) is 1.75. The van der Waals surface area contributed by atoms with Crippen molar-refractivity contribution in [2.75, 3.05) is 7.11 Å². The Hall–Kier alpha value is -2.36. The van der Waals surface area contributed by atoms with E-state index >= 15 is 0 Å². The zero-order chi connectivity index (χ0) is 13.9. The number of hydrogen-bond acceptors (Lipinski definition) is 3. The van der Waals surface area contributed by atoms with Gasteiger partial charge in [0.05, 0.1) is 24.7 Å². The molecule has 0 N–H and O–H groups in total. The molecule has 0 bridgehead atoms. The number of fused-ring (bicyclic) bond motifs is 1.